The van der Waals surface area contributed by atoms with Gasteiger partial charge in [0.25, 0.3) is 0 Å². The highest BCUT2D eigenvalue weighted by molar-refractivity contribution is 7.98. The average molecular weight is 287 g/mol. The van der Waals surface area contributed by atoms with Gasteiger partial charge < -0.3 is 4.57 Å². The highest BCUT2D eigenvalue weighted by atomic mass is 35.5. The normalized spacial score (nSPS) is 10.8. The number of nitrogens with zero attached hydrogens (tertiary/aromatic N) is 2. The highest BCUT2D eigenvalue weighted by Gasteiger charge is 2.09. The minimum atomic E-state index is 0.717. The fraction of sp³-hybridized carbons (Fsp3) is 0.250. The van der Waals surface area contributed by atoms with Crippen LogP contribution >= 0.6 is 35.0 Å². The first-order valence-corrected chi connectivity index (χ1v) is 7.17. The number of aryl methyl sites for hydroxylation is 2. The standard InChI is InChI=1S/C12H12Cl2N2S/c1-17-12-10(13)3-2-9(11(12)14)4-6-16-7-5-15-8-16/h2-3,5,7-8H,4,6H2,1H3. The van der Waals surface area contributed by atoms with Crippen molar-refractivity contribution in [2.45, 2.75) is 17.9 Å². The number of rotatable bonds is 4. The van der Waals surface area contributed by atoms with Crippen molar-refractivity contribution in [3.05, 3.63) is 46.5 Å². The SMILES string of the molecule is CSc1c(Cl)ccc(CCn2ccnc2)c1Cl. The lowest BCUT2D eigenvalue weighted by Gasteiger charge is -2.10. The van der Waals surface area contributed by atoms with Crippen LogP contribution in [0.1, 0.15) is 5.56 Å². The predicted molar refractivity (Wildman–Crippen MR) is 74.2 cm³/mol. The number of hydrogen-bond donors (Lipinski definition) is 0. The third-order valence-corrected chi connectivity index (χ3v) is 4.33. The molecule has 1 aromatic carbocycles. The van der Waals surface area contributed by atoms with Gasteiger partial charge in [0.2, 0.25) is 0 Å². The minimum Gasteiger partial charge on any atom is -0.337 e. The van der Waals surface area contributed by atoms with Gasteiger partial charge in [-0.1, -0.05) is 29.3 Å². The van der Waals surface area contributed by atoms with Gasteiger partial charge in [0.05, 0.1) is 16.4 Å². The Balaban J connectivity index is 2.16. The summed E-state index contributed by atoms with van der Waals surface area (Å²) in [4.78, 5) is 4.96. The van der Waals surface area contributed by atoms with Gasteiger partial charge in [0.15, 0.2) is 0 Å². The zero-order chi connectivity index (χ0) is 12.3. The Morgan fingerprint density at radius 3 is 2.82 bits per heavy atom. The number of thioether (sulfide) groups is 1. The molecule has 0 bridgehead atoms. The van der Waals surface area contributed by atoms with Crippen LogP contribution in [0, 0.1) is 0 Å². The van der Waals surface area contributed by atoms with Crippen molar-refractivity contribution >= 4 is 35.0 Å². The van der Waals surface area contributed by atoms with E-state index in [1.165, 1.54) is 0 Å². The fourth-order valence-electron chi connectivity index (χ4n) is 1.62. The van der Waals surface area contributed by atoms with E-state index in [1.54, 1.807) is 24.3 Å². The van der Waals surface area contributed by atoms with Gasteiger partial charge in [-0.3, -0.25) is 0 Å². The van der Waals surface area contributed by atoms with E-state index < -0.39 is 0 Å². The molecule has 0 fully saturated rings. The summed E-state index contributed by atoms with van der Waals surface area (Å²) in [5.41, 5.74) is 1.12. The number of hydrogen-bond acceptors (Lipinski definition) is 2. The van der Waals surface area contributed by atoms with Gasteiger partial charge >= 0.3 is 0 Å². The molecule has 0 aliphatic rings. The van der Waals surface area contributed by atoms with Crippen LogP contribution in [0.5, 0.6) is 0 Å². The summed E-state index contributed by atoms with van der Waals surface area (Å²) in [6.07, 6.45) is 8.38. The van der Waals surface area contributed by atoms with E-state index in [0.29, 0.717) is 5.02 Å². The third-order valence-electron chi connectivity index (χ3n) is 2.53. The molecule has 2 nitrogen and oxygen atoms in total. The molecule has 0 atom stereocenters. The van der Waals surface area contributed by atoms with Gasteiger partial charge in [-0.2, -0.15) is 0 Å². The molecule has 0 saturated carbocycles. The first-order valence-electron chi connectivity index (χ1n) is 5.19. The fourth-order valence-corrected chi connectivity index (χ4v) is 3.12. The van der Waals surface area contributed by atoms with Crippen molar-refractivity contribution in [2.75, 3.05) is 6.26 Å². The molecule has 0 spiro atoms. The second kappa shape index (κ2) is 5.80. The molecule has 5 heteroatoms. The summed E-state index contributed by atoms with van der Waals surface area (Å²) in [6.45, 7) is 0.870. The maximum atomic E-state index is 6.32. The van der Waals surface area contributed by atoms with Crippen molar-refractivity contribution in [2.24, 2.45) is 0 Å². The lowest BCUT2D eigenvalue weighted by atomic mass is 10.1. The monoisotopic (exact) mass is 286 g/mol. The second-order valence-electron chi connectivity index (χ2n) is 3.60. The predicted octanol–water partition coefficient (Wildman–Crippen LogP) is 4.15. The number of benzene rings is 1. The Bertz CT molecular complexity index is 497. The van der Waals surface area contributed by atoms with Crippen LogP contribution in [0.2, 0.25) is 10.0 Å². The van der Waals surface area contributed by atoms with Crippen molar-refractivity contribution in [1.82, 2.24) is 9.55 Å². The molecule has 90 valence electrons. The first kappa shape index (κ1) is 12.8. The van der Waals surface area contributed by atoms with Crippen molar-refractivity contribution in [3.8, 4) is 0 Å². The smallest absolute Gasteiger partial charge is 0.0946 e. The van der Waals surface area contributed by atoms with E-state index in [0.717, 1.165) is 28.4 Å². The molecule has 17 heavy (non-hydrogen) atoms. The summed E-state index contributed by atoms with van der Waals surface area (Å²) in [5.74, 6) is 0. The van der Waals surface area contributed by atoms with E-state index >= 15 is 0 Å². The Morgan fingerprint density at radius 1 is 1.35 bits per heavy atom. The quantitative estimate of drug-likeness (QED) is 0.786. The highest BCUT2D eigenvalue weighted by Crippen LogP contribution is 2.35. The Labute approximate surface area is 115 Å². The molecular formula is C12H12Cl2N2S. The van der Waals surface area contributed by atoms with Gasteiger partial charge in [-0.15, -0.1) is 11.8 Å². The van der Waals surface area contributed by atoms with E-state index in [2.05, 4.69) is 4.98 Å². The van der Waals surface area contributed by atoms with E-state index in [9.17, 15) is 0 Å². The number of halogens is 2. The Kier molecular flexibility index (Phi) is 4.37. The molecule has 2 rings (SSSR count). The molecule has 0 amide bonds. The Morgan fingerprint density at radius 2 is 2.18 bits per heavy atom. The zero-order valence-corrected chi connectivity index (χ0v) is 11.7. The van der Waals surface area contributed by atoms with Crippen molar-refractivity contribution in [3.63, 3.8) is 0 Å². The summed E-state index contributed by atoms with van der Waals surface area (Å²) >= 11 is 14.0. The second-order valence-corrected chi connectivity index (χ2v) is 5.21. The third kappa shape index (κ3) is 2.97. The summed E-state index contributed by atoms with van der Waals surface area (Å²) < 4.78 is 2.03. The first-order chi connectivity index (χ1) is 8.22. The van der Waals surface area contributed by atoms with Gasteiger partial charge in [-0.05, 0) is 24.3 Å². The molecule has 0 radical (unpaired) electrons. The largest absolute Gasteiger partial charge is 0.337 e. The lowest BCUT2D eigenvalue weighted by molar-refractivity contribution is 0.695. The van der Waals surface area contributed by atoms with Crippen molar-refractivity contribution < 1.29 is 0 Å². The summed E-state index contributed by atoms with van der Waals surface area (Å²) in [7, 11) is 0. The molecule has 0 unspecified atom stereocenters. The summed E-state index contributed by atoms with van der Waals surface area (Å²) in [6, 6.07) is 3.89. The molecule has 0 saturated heterocycles. The molecule has 0 N–H and O–H groups in total. The topological polar surface area (TPSA) is 17.8 Å². The van der Waals surface area contributed by atoms with Crippen LogP contribution in [0.3, 0.4) is 0 Å². The maximum absolute atomic E-state index is 6.32. The van der Waals surface area contributed by atoms with Gasteiger partial charge in [-0.25, -0.2) is 4.98 Å². The number of imidazole rings is 1. The Hall–Kier alpha value is -0.640. The van der Waals surface area contributed by atoms with E-state index in [4.69, 9.17) is 23.2 Å². The van der Waals surface area contributed by atoms with Crippen LogP contribution in [-0.2, 0) is 13.0 Å². The van der Waals surface area contributed by atoms with Crippen LogP contribution in [-0.4, -0.2) is 15.8 Å². The molecule has 1 aromatic heterocycles. The van der Waals surface area contributed by atoms with Gasteiger partial charge in [0, 0.05) is 23.8 Å². The maximum Gasteiger partial charge on any atom is 0.0946 e. The van der Waals surface area contributed by atoms with E-state index in [1.807, 2.05) is 29.2 Å². The lowest BCUT2D eigenvalue weighted by Crippen LogP contribution is -1.99. The van der Waals surface area contributed by atoms with E-state index in [-0.39, 0.29) is 0 Å². The average Bonchev–Trinajstić information content (AvgIpc) is 2.82. The molecule has 0 aliphatic heterocycles. The number of aromatic nitrogens is 2. The van der Waals surface area contributed by atoms with Gasteiger partial charge in [0.1, 0.15) is 0 Å². The minimum absolute atomic E-state index is 0.717. The molecular weight excluding hydrogens is 275 g/mol. The molecule has 0 aliphatic carbocycles. The van der Waals surface area contributed by atoms with Crippen LogP contribution in [0.15, 0.2) is 35.7 Å². The van der Waals surface area contributed by atoms with Crippen molar-refractivity contribution in [1.29, 1.82) is 0 Å². The molecule has 1 heterocycles. The van der Waals surface area contributed by atoms with Crippen LogP contribution < -0.4 is 0 Å². The molecule has 2 aromatic rings. The van der Waals surface area contributed by atoms with Crippen LogP contribution in [0.4, 0.5) is 0 Å². The van der Waals surface area contributed by atoms with Crippen LogP contribution in [0.25, 0.3) is 0 Å². The summed E-state index contributed by atoms with van der Waals surface area (Å²) in [5, 5.41) is 1.49. The zero-order valence-electron chi connectivity index (χ0n) is 9.36.